The molecule has 0 bridgehead atoms. The second-order valence-corrected chi connectivity index (χ2v) is 7.69. The highest BCUT2D eigenvalue weighted by atomic mass is 16.1. The molecule has 3 heteroatoms. The van der Waals surface area contributed by atoms with Crippen LogP contribution in [0.15, 0.2) is 91.0 Å². The minimum absolute atomic E-state index is 0.398. The van der Waals surface area contributed by atoms with Gasteiger partial charge in [0, 0.05) is 28.4 Å². The molecule has 30 heavy (non-hydrogen) atoms. The molecule has 1 aromatic heterocycles. The molecule has 0 aliphatic rings. The number of benzene rings is 4. The van der Waals surface area contributed by atoms with Gasteiger partial charge in [0.15, 0.2) is 0 Å². The average Bonchev–Trinajstić information content (AvgIpc) is 3.07. The van der Waals surface area contributed by atoms with E-state index in [1.807, 2.05) is 18.2 Å². The van der Waals surface area contributed by atoms with Crippen LogP contribution in [0.1, 0.15) is 21.5 Å². The van der Waals surface area contributed by atoms with Crippen LogP contribution in [-0.2, 0) is 6.54 Å². The van der Waals surface area contributed by atoms with E-state index in [-0.39, 0.29) is 0 Å². The van der Waals surface area contributed by atoms with Crippen LogP contribution in [0.5, 0.6) is 0 Å². The molecule has 1 amide bonds. The number of aromatic nitrogens is 1. The van der Waals surface area contributed by atoms with Crippen LogP contribution < -0.4 is 5.73 Å². The van der Waals surface area contributed by atoms with Crippen molar-refractivity contribution in [3.63, 3.8) is 0 Å². The van der Waals surface area contributed by atoms with E-state index in [4.69, 9.17) is 5.73 Å². The van der Waals surface area contributed by atoms with E-state index in [9.17, 15) is 4.79 Å². The number of carbonyl (C=O) groups is 1. The average molecular weight is 390 g/mol. The fourth-order valence-corrected chi connectivity index (χ4v) is 4.36. The van der Waals surface area contributed by atoms with Gasteiger partial charge in [0.1, 0.15) is 0 Å². The van der Waals surface area contributed by atoms with E-state index in [0.717, 1.165) is 21.8 Å². The third kappa shape index (κ3) is 2.96. The molecule has 5 rings (SSSR count). The van der Waals surface area contributed by atoms with Gasteiger partial charge in [-0.05, 0) is 47.4 Å². The Morgan fingerprint density at radius 3 is 2.40 bits per heavy atom. The lowest BCUT2D eigenvalue weighted by atomic mass is 9.99. The van der Waals surface area contributed by atoms with E-state index in [0.29, 0.717) is 12.1 Å². The zero-order chi connectivity index (χ0) is 20.7. The first-order chi connectivity index (χ1) is 14.6. The molecule has 4 aromatic carbocycles. The summed E-state index contributed by atoms with van der Waals surface area (Å²) in [6.07, 6.45) is 0. The molecule has 0 unspecified atom stereocenters. The van der Waals surface area contributed by atoms with E-state index < -0.39 is 5.91 Å². The molecule has 2 N–H and O–H groups in total. The summed E-state index contributed by atoms with van der Waals surface area (Å²) in [4.78, 5) is 12.1. The van der Waals surface area contributed by atoms with Crippen LogP contribution in [0, 0.1) is 6.92 Å². The van der Waals surface area contributed by atoms with Crippen molar-refractivity contribution in [2.75, 3.05) is 0 Å². The van der Waals surface area contributed by atoms with Gasteiger partial charge < -0.3 is 10.3 Å². The summed E-state index contributed by atoms with van der Waals surface area (Å²) in [5, 5.41) is 1.99. The van der Waals surface area contributed by atoms with E-state index in [1.165, 1.54) is 22.3 Å². The van der Waals surface area contributed by atoms with Crippen LogP contribution in [-0.4, -0.2) is 10.5 Å². The summed E-state index contributed by atoms with van der Waals surface area (Å²) in [6, 6.07) is 31.1. The minimum Gasteiger partial charge on any atom is -0.366 e. The maximum Gasteiger partial charge on any atom is 0.249 e. The van der Waals surface area contributed by atoms with E-state index in [1.54, 1.807) is 0 Å². The molecule has 1 heterocycles. The van der Waals surface area contributed by atoms with Crippen LogP contribution in [0.2, 0.25) is 0 Å². The number of rotatable bonds is 4. The Hall–Kier alpha value is -3.85. The van der Waals surface area contributed by atoms with Crippen molar-refractivity contribution < 1.29 is 4.79 Å². The Labute approximate surface area is 175 Å². The van der Waals surface area contributed by atoms with Crippen molar-refractivity contribution in [3.8, 4) is 11.1 Å². The van der Waals surface area contributed by atoms with Crippen molar-refractivity contribution in [3.05, 3.63) is 108 Å². The molecule has 0 fully saturated rings. The van der Waals surface area contributed by atoms with Gasteiger partial charge in [-0.15, -0.1) is 0 Å². The Kier molecular flexibility index (Phi) is 4.36. The summed E-state index contributed by atoms with van der Waals surface area (Å²) < 4.78 is 2.30. The molecule has 0 saturated carbocycles. The second kappa shape index (κ2) is 7.20. The number of amides is 1. The third-order valence-electron chi connectivity index (χ3n) is 5.74. The summed E-state index contributed by atoms with van der Waals surface area (Å²) in [5.74, 6) is -0.398. The van der Waals surface area contributed by atoms with Crippen molar-refractivity contribution >= 4 is 27.7 Å². The predicted octanol–water partition coefficient (Wildman–Crippen LogP) is 5.92. The van der Waals surface area contributed by atoms with Gasteiger partial charge in [-0.3, -0.25) is 4.79 Å². The molecule has 0 aliphatic heterocycles. The number of fused-ring (bicyclic) bond motifs is 3. The first-order valence-corrected chi connectivity index (χ1v) is 10.1. The highest BCUT2D eigenvalue weighted by Crippen LogP contribution is 2.34. The smallest absolute Gasteiger partial charge is 0.249 e. The summed E-state index contributed by atoms with van der Waals surface area (Å²) >= 11 is 0. The van der Waals surface area contributed by atoms with Gasteiger partial charge >= 0.3 is 0 Å². The van der Waals surface area contributed by atoms with E-state index in [2.05, 4.69) is 84.3 Å². The van der Waals surface area contributed by atoms with Gasteiger partial charge in [0.05, 0.1) is 5.52 Å². The first kappa shape index (κ1) is 18.2. The molecule has 146 valence electrons. The first-order valence-electron chi connectivity index (χ1n) is 10.1. The molecule has 0 radical (unpaired) electrons. The zero-order valence-corrected chi connectivity index (χ0v) is 16.8. The molecule has 5 aromatic rings. The monoisotopic (exact) mass is 390 g/mol. The van der Waals surface area contributed by atoms with Gasteiger partial charge in [0.2, 0.25) is 5.91 Å². The quantitative estimate of drug-likeness (QED) is 0.407. The highest BCUT2D eigenvalue weighted by Gasteiger charge is 2.17. The molecular formula is C27H22N2O. The Bertz CT molecular complexity index is 1400. The molecule has 0 saturated heterocycles. The predicted molar refractivity (Wildman–Crippen MR) is 124 cm³/mol. The highest BCUT2D eigenvalue weighted by molar-refractivity contribution is 6.18. The number of aryl methyl sites for hydroxylation is 1. The summed E-state index contributed by atoms with van der Waals surface area (Å²) in [6.45, 7) is 2.80. The summed E-state index contributed by atoms with van der Waals surface area (Å²) in [7, 11) is 0. The minimum atomic E-state index is -0.398. The maximum atomic E-state index is 12.1. The van der Waals surface area contributed by atoms with Gasteiger partial charge in [-0.25, -0.2) is 0 Å². The maximum absolute atomic E-state index is 12.1. The molecule has 3 nitrogen and oxygen atoms in total. The largest absolute Gasteiger partial charge is 0.366 e. The lowest BCUT2D eigenvalue weighted by molar-refractivity contribution is 0.100. The number of nitrogens with two attached hydrogens (primary N) is 1. The fourth-order valence-electron chi connectivity index (χ4n) is 4.36. The Balaban J connectivity index is 1.78. The summed E-state index contributed by atoms with van der Waals surface area (Å²) in [5.41, 5.74) is 13.2. The number of carbonyl (C=O) groups excluding carboxylic acids is 1. The molecular weight excluding hydrogens is 368 g/mol. The third-order valence-corrected chi connectivity index (χ3v) is 5.74. The van der Waals surface area contributed by atoms with Gasteiger partial charge in [-0.1, -0.05) is 72.8 Å². The number of hydrogen-bond donors (Lipinski definition) is 1. The number of hydrogen-bond acceptors (Lipinski definition) is 1. The van der Waals surface area contributed by atoms with Gasteiger partial charge in [-0.2, -0.15) is 0 Å². The van der Waals surface area contributed by atoms with Crippen LogP contribution >= 0.6 is 0 Å². The normalized spacial score (nSPS) is 11.2. The zero-order valence-electron chi connectivity index (χ0n) is 16.8. The fraction of sp³-hybridized carbons (Fsp3) is 0.0741. The lowest BCUT2D eigenvalue weighted by Crippen LogP contribution is -2.11. The SMILES string of the molecule is Cc1ccc2c3c(C(N)=O)cccc3n(Cc3ccccc3-c3ccccc3)c2c1. The Morgan fingerprint density at radius 1 is 0.833 bits per heavy atom. The topological polar surface area (TPSA) is 48.0 Å². The van der Waals surface area contributed by atoms with E-state index >= 15 is 0 Å². The molecule has 0 atom stereocenters. The van der Waals surface area contributed by atoms with Crippen molar-refractivity contribution in [2.24, 2.45) is 5.73 Å². The standard InChI is InChI=1S/C27H22N2O/c1-18-14-15-22-25(16-18)29(24-13-7-12-23(26(22)24)27(28)30)17-20-10-5-6-11-21(20)19-8-3-2-4-9-19/h2-16H,17H2,1H3,(H2,28,30). The van der Waals surface area contributed by atoms with Crippen LogP contribution in [0.3, 0.4) is 0 Å². The number of nitrogens with zero attached hydrogens (tertiary/aromatic N) is 1. The van der Waals surface area contributed by atoms with Crippen molar-refractivity contribution in [1.82, 2.24) is 4.57 Å². The van der Waals surface area contributed by atoms with Crippen molar-refractivity contribution in [2.45, 2.75) is 13.5 Å². The number of primary amides is 1. The Morgan fingerprint density at radius 2 is 1.60 bits per heavy atom. The molecule has 0 spiro atoms. The van der Waals surface area contributed by atoms with Crippen molar-refractivity contribution in [1.29, 1.82) is 0 Å². The van der Waals surface area contributed by atoms with Crippen LogP contribution in [0.4, 0.5) is 0 Å². The lowest BCUT2D eigenvalue weighted by Gasteiger charge is -2.13. The van der Waals surface area contributed by atoms with Gasteiger partial charge in [0.25, 0.3) is 0 Å². The van der Waals surface area contributed by atoms with Crippen LogP contribution in [0.25, 0.3) is 32.9 Å². The second-order valence-electron chi connectivity index (χ2n) is 7.69. The molecule has 0 aliphatic carbocycles.